The van der Waals surface area contributed by atoms with Crippen LogP contribution in [-0.2, 0) is 6.42 Å². The molecule has 178 valence electrons. The number of halogens is 2. The van der Waals surface area contributed by atoms with Gasteiger partial charge in [0.05, 0.1) is 6.10 Å². The van der Waals surface area contributed by atoms with E-state index in [0.29, 0.717) is 11.5 Å². The molecule has 1 nitrogen and oxygen atoms in total. The van der Waals surface area contributed by atoms with Gasteiger partial charge in [0.2, 0.25) is 0 Å². The lowest BCUT2D eigenvalue weighted by Gasteiger charge is -2.22. The second-order valence-electron chi connectivity index (χ2n) is 9.59. The Morgan fingerprint density at radius 3 is 1.88 bits per heavy atom. The summed E-state index contributed by atoms with van der Waals surface area (Å²) < 4.78 is 28.8. The van der Waals surface area contributed by atoms with Crippen LogP contribution in [0.1, 0.15) is 63.2 Å². The van der Waals surface area contributed by atoms with Crippen molar-refractivity contribution in [3.8, 4) is 22.3 Å². The maximum absolute atomic E-state index is 14.5. The Morgan fingerprint density at radius 1 is 0.765 bits per heavy atom. The lowest BCUT2D eigenvalue weighted by atomic mass is 9.83. The van der Waals surface area contributed by atoms with Crippen LogP contribution in [0, 0.1) is 23.5 Å². The van der Waals surface area contributed by atoms with Crippen molar-refractivity contribution in [2.45, 2.75) is 58.5 Å². The van der Waals surface area contributed by atoms with Crippen molar-refractivity contribution < 1.29 is 13.9 Å². The SMILES string of the molecule is CCCC1C=CC(CCc2ccc(-c3ccc(-c4ccc(C(C)O)c(F)c4F)cc3)cc2)CC1. The summed E-state index contributed by atoms with van der Waals surface area (Å²) in [6.07, 6.45) is 11.3. The Morgan fingerprint density at radius 2 is 1.32 bits per heavy atom. The molecular formula is C31H34F2O. The molecule has 3 aromatic carbocycles. The summed E-state index contributed by atoms with van der Waals surface area (Å²) in [6.45, 7) is 3.68. The van der Waals surface area contributed by atoms with Crippen LogP contribution >= 0.6 is 0 Å². The van der Waals surface area contributed by atoms with Crippen molar-refractivity contribution in [3.05, 3.63) is 95.6 Å². The van der Waals surface area contributed by atoms with Gasteiger partial charge in [0.15, 0.2) is 11.6 Å². The molecule has 3 atom stereocenters. The number of aliphatic hydroxyl groups is 1. The topological polar surface area (TPSA) is 20.2 Å². The molecule has 1 aliphatic carbocycles. The van der Waals surface area contributed by atoms with Gasteiger partial charge in [0.1, 0.15) is 0 Å². The maximum Gasteiger partial charge on any atom is 0.167 e. The van der Waals surface area contributed by atoms with Gasteiger partial charge in [-0.3, -0.25) is 0 Å². The summed E-state index contributed by atoms with van der Waals surface area (Å²) in [5, 5.41) is 9.59. The molecule has 3 heteroatoms. The fraction of sp³-hybridized carbons (Fsp3) is 0.355. The van der Waals surface area contributed by atoms with E-state index in [-0.39, 0.29) is 11.1 Å². The van der Waals surface area contributed by atoms with Crippen molar-refractivity contribution >= 4 is 0 Å². The molecule has 1 N–H and O–H groups in total. The standard InChI is InChI=1S/C31H34F2O/c1-3-4-22-5-7-23(8-6-22)9-10-24-11-13-25(14-12-24)26-15-17-27(18-16-26)29-20-19-28(21(2)34)30(32)31(29)33/h5,7,11-23,34H,3-4,6,8-10H2,1-2H3. The average molecular weight is 461 g/mol. The second-order valence-corrected chi connectivity index (χ2v) is 9.59. The molecule has 4 rings (SSSR count). The van der Waals surface area contributed by atoms with Crippen LogP contribution < -0.4 is 0 Å². The predicted molar refractivity (Wildman–Crippen MR) is 136 cm³/mol. The number of hydrogen-bond donors (Lipinski definition) is 1. The Labute approximate surface area is 202 Å². The molecule has 0 heterocycles. The highest BCUT2D eigenvalue weighted by atomic mass is 19.2. The van der Waals surface area contributed by atoms with Crippen molar-refractivity contribution in [3.63, 3.8) is 0 Å². The van der Waals surface area contributed by atoms with Crippen molar-refractivity contribution in [1.82, 2.24) is 0 Å². The summed E-state index contributed by atoms with van der Waals surface area (Å²) in [6, 6.07) is 19.1. The van der Waals surface area contributed by atoms with E-state index in [9.17, 15) is 13.9 Å². The number of rotatable bonds is 8. The first-order chi connectivity index (χ1) is 16.5. The molecular weight excluding hydrogens is 426 g/mol. The number of allylic oxidation sites excluding steroid dienone is 2. The minimum Gasteiger partial charge on any atom is -0.389 e. The predicted octanol–water partition coefficient (Wildman–Crippen LogP) is 8.67. The van der Waals surface area contributed by atoms with Gasteiger partial charge in [-0.05, 0) is 73.1 Å². The smallest absolute Gasteiger partial charge is 0.167 e. The number of aliphatic hydroxyl groups excluding tert-OH is 1. The lowest BCUT2D eigenvalue weighted by Crippen LogP contribution is -2.09. The summed E-state index contributed by atoms with van der Waals surface area (Å²) in [5.41, 5.74) is 4.26. The molecule has 0 fully saturated rings. The zero-order valence-corrected chi connectivity index (χ0v) is 20.1. The molecule has 0 radical (unpaired) electrons. The Hall–Kier alpha value is -2.78. The molecule has 1 aliphatic rings. The number of aryl methyl sites for hydroxylation is 1. The van der Waals surface area contributed by atoms with E-state index < -0.39 is 17.7 Å². The van der Waals surface area contributed by atoms with Crippen LogP contribution in [0.25, 0.3) is 22.3 Å². The van der Waals surface area contributed by atoms with Crippen molar-refractivity contribution in [2.24, 2.45) is 11.8 Å². The third-order valence-electron chi connectivity index (χ3n) is 7.07. The first-order valence-electron chi connectivity index (χ1n) is 12.5. The molecule has 3 aromatic rings. The normalized spacial score (nSPS) is 18.7. The fourth-order valence-electron chi connectivity index (χ4n) is 4.95. The van der Waals surface area contributed by atoms with Gasteiger partial charge in [-0.15, -0.1) is 0 Å². The van der Waals surface area contributed by atoms with Gasteiger partial charge < -0.3 is 5.11 Å². The van der Waals surface area contributed by atoms with Crippen LogP contribution in [0.15, 0.2) is 72.8 Å². The highest BCUT2D eigenvalue weighted by Gasteiger charge is 2.18. The monoisotopic (exact) mass is 460 g/mol. The van der Waals surface area contributed by atoms with E-state index in [4.69, 9.17) is 0 Å². The summed E-state index contributed by atoms with van der Waals surface area (Å²) in [4.78, 5) is 0. The average Bonchev–Trinajstić information content (AvgIpc) is 2.86. The van der Waals surface area contributed by atoms with E-state index in [2.05, 4.69) is 43.3 Å². The highest BCUT2D eigenvalue weighted by Crippen LogP contribution is 2.31. The molecule has 0 aliphatic heterocycles. The highest BCUT2D eigenvalue weighted by molar-refractivity contribution is 5.71. The minimum atomic E-state index is -1.05. The van der Waals surface area contributed by atoms with Gasteiger partial charge in [-0.1, -0.05) is 86.2 Å². The molecule has 0 spiro atoms. The largest absolute Gasteiger partial charge is 0.389 e. The van der Waals surface area contributed by atoms with Gasteiger partial charge in [0.25, 0.3) is 0 Å². The van der Waals surface area contributed by atoms with Crippen LogP contribution in [0.4, 0.5) is 8.78 Å². The van der Waals surface area contributed by atoms with Gasteiger partial charge in [-0.2, -0.15) is 0 Å². The molecule has 0 saturated carbocycles. The van der Waals surface area contributed by atoms with Crippen LogP contribution in [0.2, 0.25) is 0 Å². The van der Waals surface area contributed by atoms with Gasteiger partial charge in [-0.25, -0.2) is 8.78 Å². The zero-order chi connectivity index (χ0) is 24.1. The number of hydrogen-bond acceptors (Lipinski definition) is 1. The van der Waals surface area contributed by atoms with E-state index in [1.807, 2.05) is 24.3 Å². The van der Waals surface area contributed by atoms with E-state index in [1.165, 1.54) is 56.7 Å². The lowest BCUT2D eigenvalue weighted by molar-refractivity contribution is 0.193. The Balaban J connectivity index is 1.39. The second kappa shape index (κ2) is 11.1. The van der Waals surface area contributed by atoms with E-state index >= 15 is 0 Å². The summed E-state index contributed by atoms with van der Waals surface area (Å²) in [5.74, 6) is -0.438. The third-order valence-corrected chi connectivity index (χ3v) is 7.07. The first-order valence-corrected chi connectivity index (χ1v) is 12.5. The van der Waals surface area contributed by atoms with Gasteiger partial charge >= 0.3 is 0 Å². The molecule has 3 unspecified atom stereocenters. The van der Waals surface area contributed by atoms with Gasteiger partial charge in [0, 0.05) is 11.1 Å². The van der Waals surface area contributed by atoms with Crippen molar-refractivity contribution in [1.29, 1.82) is 0 Å². The molecule has 0 amide bonds. The van der Waals surface area contributed by atoms with Crippen LogP contribution in [-0.4, -0.2) is 5.11 Å². The quantitative estimate of drug-likeness (QED) is 0.333. The Bertz CT molecular complexity index is 1110. The summed E-state index contributed by atoms with van der Waals surface area (Å²) >= 11 is 0. The van der Waals surface area contributed by atoms with Crippen molar-refractivity contribution in [2.75, 3.05) is 0 Å². The van der Waals surface area contributed by atoms with E-state index in [0.717, 1.165) is 23.5 Å². The first kappa shape index (κ1) is 24.3. The fourth-order valence-corrected chi connectivity index (χ4v) is 4.95. The third kappa shape index (κ3) is 5.64. The van der Waals surface area contributed by atoms with E-state index in [1.54, 1.807) is 0 Å². The molecule has 34 heavy (non-hydrogen) atoms. The summed E-state index contributed by atoms with van der Waals surface area (Å²) in [7, 11) is 0. The maximum atomic E-state index is 14.5. The molecule has 0 aromatic heterocycles. The van der Waals surface area contributed by atoms with Crippen LogP contribution in [0.3, 0.4) is 0 Å². The van der Waals surface area contributed by atoms with Crippen LogP contribution in [0.5, 0.6) is 0 Å². The molecule has 0 bridgehead atoms. The number of benzene rings is 3. The minimum absolute atomic E-state index is 0.0295. The Kier molecular flexibility index (Phi) is 7.95. The molecule has 0 saturated heterocycles. The zero-order valence-electron chi connectivity index (χ0n) is 20.1.